The van der Waals surface area contributed by atoms with Gasteiger partial charge >= 0.3 is 5.97 Å². The molecule has 0 aliphatic rings. The molecule has 0 saturated heterocycles. The molecule has 0 atom stereocenters. The van der Waals surface area contributed by atoms with Gasteiger partial charge in [0.2, 0.25) is 0 Å². The highest BCUT2D eigenvalue weighted by molar-refractivity contribution is 9.10. The molecule has 0 aliphatic carbocycles. The predicted octanol–water partition coefficient (Wildman–Crippen LogP) is 3.96. The number of thiocyanates is 1. The molecular formula is C16H10BrFN2O3S. The highest BCUT2D eigenvalue weighted by atomic mass is 79.9. The van der Waals surface area contributed by atoms with Crippen molar-refractivity contribution in [1.29, 1.82) is 5.26 Å². The number of halogens is 2. The van der Waals surface area contributed by atoms with E-state index in [-0.39, 0.29) is 5.56 Å². The zero-order valence-corrected chi connectivity index (χ0v) is 14.5. The lowest BCUT2D eigenvalue weighted by Crippen LogP contribution is -2.21. The van der Waals surface area contributed by atoms with Crippen molar-refractivity contribution in [2.45, 2.75) is 4.90 Å². The quantitative estimate of drug-likeness (QED) is 0.460. The maximum Gasteiger partial charge on any atom is 0.338 e. The number of hydrogen-bond acceptors (Lipinski definition) is 5. The summed E-state index contributed by atoms with van der Waals surface area (Å²) in [6.45, 7) is -0.475. The van der Waals surface area contributed by atoms with Crippen molar-refractivity contribution in [2.24, 2.45) is 0 Å². The number of thioether (sulfide) groups is 1. The van der Waals surface area contributed by atoms with Gasteiger partial charge in [-0.1, -0.05) is 0 Å². The Bertz CT molecular complexity index is 806. The largest absolute Gasteiger partial charge is 0.452 e. The molecule has 24 heavy (non-hydrogen) atoms. The first-order valence-corrected chi connectivity index (χ1v) is 8.18. The van der Waals surface area contributed by atoms with Gasteiger partial charge in [0.25, 0.3) is 5.91 Å². The second-order valence-electron chi connectivity index (χ2n) is 4.47. The monoisotopic (exact) mass is 408 g/mol. The molecule has 2 aromatic rings. The number of nitrogens with zero attached hydrogens (tertiary/aromatic N) is 1. The van der Waals surface area contributed by atoms with E-state index in [2.05, 4.69) is 21.2 Å². The Morgan fingerprint density at radius 2 is 1.96 bits per heavy atom. The Kier molecular flexibility index (Phi) is 6.35. The summed E-state index contributed by atoms with van der Waals surface area (Å²) in [5.41, 5.74) is 0.642. The summed E-state index contributed by atoms with van der Waals surface area (Å²) < 4.78 is 18.2. The van der Waals surface area contributed by atoms with Gasteiger partial charge in [0.15, 0.2) is 6.61 Å². The van der Waals surface area contributed by atoms with Crippen LogP contribution in [0.5, 0.6) is 0 Å². The molecule has 0 aliphatic heterocycles. The summed E-state index contributed by atoms with van der Waals surface area (Å²) in [6, 6.07) is 9.81. The molecule has 1 amide bonds. The van der Waals surface area contributed by atoms with Crippen molar-refractivity contribution in [3.8, 4) is 5.40 Å². The second kappa shape index (κ2) is 8.47. The highest BCUT2D eigenvalue weighted by Crippen LogP contribution is 2.28. The molecule has 0 aromatic heterocycles. The Hall–Kier alpha value is -2.37. The number of anilines is 1. The third-order valence-corrected chi connectivity index (χ3v) is 4.03. The summed E-state index contributed by atoms with van der Waals surface area (Å²) in [5, 5.41) is 13.1. The molecule has 0 unspecified atom stereocenters. The van der Waals surface area contributed by atoms with E-state index in [1.54, 1.807) is 18.2 Å². The van der Waals surface area contributed by atoms with Crippen molar-refractivity contribution in [3.63, 3.8) is 0 Å². The number of hydrogen-bond donors (Lipinski definition) is 1. The van der Waals surface area contributed by atoms with Crippen molar-refractivity contribution in [2.75, 3.05) is 11.9 Å². The Morgan fingerprint density at radius 1 is 1.25 bits per heavy atom. The number of amides is 1. The number of carbonyl (C=O) groups is 2. The zero-order chi connectivity index (χ0) is 17.5. The van der Waals surface area contributed by atoms with Gasteiger partial charge in [-0.2, -0.15) is 5.26 Å². The van der Waals surface area contributed by atoms with E-state index in [0.29, 0.717) is 10.2 Å². The van der Waals surface area contributed by atoms with E-state index in [0.717, 1.165) is 28.8 Å². The summed E-state index contributed by atoms with van der Waals surface area (Å²) in [6.07, 6.45) is 0. The van der Waals surface area contributed by atoms with Gasteiger partial charge in [-0.15, -0.1) is 0 Å². The van der Waals surface area contributed by atoms with Crippen LogP contribution >= 0.6 is 27.7 Å². The number of rotatable bonds is 5. The van der Waals surface area contributed by atoms with Crippen LogP contribution in [0.3, 0.4) is 0 Å². The standard InChI is InChI=1S/C16H10BrFN2O3S/c17-13-7-12(24-9-19)5-6-14(13)20-15(21)8-23-16(22)10-1-3-11(18)4-2-10/h1-7H,8H2,(H,20,21). The summed E-state index contributed by atoms with van der Waals surface area (Å²) in [7, 11) is 0. The first-order valence-electron chi connectivity index (χ1n) is 6.57. The number of nitriles is 1. The minimum absolute atomic E-state index is 0.156. The van der Waals surface area contributed by atoms with Gasteiger partial charge < -0.3 is 10.1 Å². The number of benzene rings is 2. The van der Waals surface area contributed by atoms with Crippen LogP contribution in [0, 0.1) is 16.5 Å². The SMILES string of the molecule is N#CSc1ccc(NC(=O)COC(=O)c2ccc(F)cc2)c(Br)c1. The average Bonchev–Trinajstić information content (AvgIpc) is 2.56. The van der Waals surface area contributed by atoms with Crippen molar-refractivity contribution in [3.05, 3.63) is 58.3 Å². The van der Waals surface area contributed by atoms with Crippen molar-refractivity contribution in [1.82, 2.24) is 0 Å². The fourth-order valence-electron chi connectivity index (χ4n) is 1.70. The maximum absolute atomic E-state index is 12.8. The van der Waals surface area contributed by atoms with Crippen LogP contribution in [0.25, 0.3) is 0 Å². The zero-order valence-electron chi connectivity index (χ0n) is 12.1. The van der Waals surface area contributed by atoms with E-state index in [1.165, 1.54) is 12.1 Å². The van der Waals surface area contributed by atoms with Crippen LogP contribution in [-0.2, 0) is 9.53 Å². The highest BCUT2D eigenvalue weighted by Gasteiger charge is 2.12. The fraction of sp³-hybridized carbons (Fsp3) is 0.0625. The van der Waals surface area contributed by atoms with Crippen LogP contribution in [-0.4, -0.2) is 18.5 Å². The normalized spacial score (nSPS) is 9.88. The van der Waals surface area contributed by atoms with Crippen molar-refractivity contribution >= 4 is 45.3 Å². The van der Waals surface area contributed by atoms with Gasteiger partial charge in [0, 0.05) is 9.37 Å². The van der Waals surface area contributed by atoms with Crippen LogP contribution < -0.4 is 5.32 Å². The molecule has 1 N–H and O–H groups in total. The molecule has 0 bridgehead atoms. The molecule has 0 radical (unpaired) electrons. The number of nitrogens with one attached hydrogen (secondary N) is 1. The molecule has 2 aromatic carbocycles. The van der Waals surface area contributed by atoms with Gasteiger partial charge in [-0.25, -0.2) is 9.18 Å². The van der Waals surface area contributed by atoms with Gasteiger partial charge in [0.1, 0.15) is 11.2 Å². The minimum atomic E-state index is -0.718. The Morgan fingerprint density at radius 3 is 2.58 bits per heavy atom. The topological polar surface area (TPSA) is 79.2 Å². The van der Waals surface area contributed by atoms with Crippen LogP contribution in [0.1, 0.15) is 10.4 Å². The molecule has 122 valence electrons. The van der Waals surface area contributed by atoms with E-state index in [1.807, 2.05) is 5.40 Å². The summed E-state index contributed by atoms with van der Waals surface area (Å²) in [4.78, 5) is 24.3. The lowest BCUT2D eigenvalue weighted by atomic mass is 10.2. The fourth-order valence-corrected chi connectivity index (χ4v) is 2.75. The third-order valence-electron chi connectivity index (χ3n) is 2.79. The van der Waals surface area contributed by atoms with E-state index in [4.69, 9.17) is 10.00 Å². The molecule has 2 rings (SSSR count). The molecule has 0 heterocycles. The van der Waals surface area contributed by atoms with Gasteiger partial charge in [-0.05, 0) is 70.2 Å². The number of ether oxygens (including phenoxy) is 1. The van der Waals surface area contributed by atoms with Crippen LogP contribution in [0.2, 0.25) is 0 Å². The summed E-state index contributed by atoms with van der Waals surface area (Å²) in [5.74, 6) is -1.70. The maximum atomic E-state index is 12.8. The van der Waals surface area contributed by atoms with Crippen molar-refractivity contribution < 1.29 is 18.7 Å². The Balaban J connectivity index is 1.90. The first kappa shape index (κ1) is 18.0. The van der Waals surface area contributed by atoms with Gasteiger partial charge in [0.05, 0.1) is 11.3 Å². The number of carbonyl (C=O) groups excluding carboxylic acids is 2. The summed E-state index contributed by atoms with van der Waals surface area (Å²) >= 11 is 4.29. The van der Waals surface area contributed by atoms with E-state index >= 15 is 0 Å². The smallest absolute Gasteiger partial charge is 0.338 e. The Labute approximate surface area is 149 Å². The number of esters is 1. The molecule has 8 heteroatoms. The lowest BCUT2D eigenvalue weighted by Gasteiger charge is -2.09. The third kappa shape index (κ3) is 5.08. The van der Waals surface area contributed by atoms with Crippen LogP contribution in [0.15, 0.2) is 51.8 Å². The minimum Gasteiger partial charge on any atom is -0.452 e. The lowest BCUT2D eigenvalue weighted by molar-refractivity contribution is -0.119. The molecular weight excluding hydrogens is 399 g/mol. The predicted molar refractivity (Wildman–Crippen MR) is 90.9 cm³/mol. The van der Waals surface area contributed by atoms with Gasteiger partial charge in [-0.3, -0.25) is 4.79 Å². The average molecular weight is 409 g/mol. The second-order valence-corrected chi connectivity index (χ2v) is 6.18. The first-order chi connectivity index (χ1) is 11.5. The molecule has 0 fully saturated rings. The molecule has 5 nitrogen and oxygen atoms in total. The molecule has 0 saturated carbocycles. The van der Waals surface area contributed by atoms with Crippen LogP contribution in [0.4, 0.5) is 10.1 Å². The van der Waals surface area contributed by atoms with E-state index in [9.17, 15) is 14.0 Å². The van der Waals surface area contributed by atoms with E-state index < -0.39 is 24.3 Å². The molecule has 0 spiro atoms.